The zero-order chi connectivity index (χ0) is 20.0. The molecule has 150 valence electrons. The molecule has 0 bridgehead atoms. The van der Waals surface area contributed by atoms with Crippen molar-refractivity contribution in [3.8, 4) is 0 Å². The van der Waals surface area contributed by atoms with Crippen LogP contribution >= 0.6 is 0 Å². The topological polar surface area (TPSA) is 58.1 Å². The molecule has 2 aromatic rings. The molecule has 28 heavy (non-hydrogen) atoms. The van der Waals surface area contributed by atoms with E-state index < -0.39 is 11.9 Å². The molecule has 1 saturated heterocycles. The van der Waals surface area contributed by atoms with Crippen LogP contribution in [0, 0.1) is 5.92 Å². The van der Waals surface area contributed by atoms with Gasteiger partial charge in [0.05, 0.1) is 0 Å². The summed E-state index contributed by atoms with van der Waals surface area (Å²) in [6, 6.07) is 11.1. The summed E-state index contributed by atoms with van der Waals surface area (Å²) in [6.07, 6.45) is -0.588. The Morgan fingerprint density at radius 1 is 1.14 bits per heavy atom. The van der Waals surface area contributed by atoms with Gasteiger partial charge in [-0.2, -0.15) is 13.2 Å². The second-order valence-corrected chi connectivity index (χ2v) is 6.90. The van der Waals surface area contributed by atoms with E-state index in [0.29, 0.717) is 32.5 Å². The lowest BCUT2D eigenvalue weighted by Gasteiger charge is -2.32. The number of carbonyl (C=O) groups excluding carboxylic acids is 1. The zero-order valence-electron chi connectivity index (χ0n) is 15.5. The van der Waals surface area contributed by atoms with E-state index in [4.69, 9.17) is 0 Å². The highest BCUT2D eigenvalue weighted by Crippen LogP contribution is 2.30. The van der Waals surface area contributed by atoms with Crippen molar-refractivity contribution in [2.75, 3.05) is 24.5 Å². The Balaban J connectivity index is 1.43. The molecule has 0 saturated carbocycles. The smallest absolute Gasteiger partial charge is 0.356 e. The van der Waals surface area contributed by atoms with Gasteiger partial charge in [0, 0.05) is 31.6 Å². The van der Waals surface area contributed by atoms with Crippen LogP contribution in [0.2, 0.25) is 0 Å². The van der Waals surface area contributed by atoms with Crippen LogP contribution in [0.3, 0.4) is 0 Å². The van der Waals surface area contributed by atoms with E-state index in [9.17, 15) is 18.0 Å². The molecule has 2 heterocycles. The highest BCUT2D eigenvalue weighted by Gasteiger charge is 2.34. The van der Waals surface area contributed by atoms with E-state index in [1.54, 1.807) is 4.90 Å². The second kappa shape index (κ2) is 9.03. The van der Waals surface area contributed by atoms with Gasteiger partial charge in [-0.1, -0.05) is 30.3 Å². The van der Waals surface area contributed by atoms with Gasteiger partial charge < -0.3 is 10.2 Å². The molecule has 5 nitrogen and oxygen atoms in total. The minimum Gasteiger partial charge on any atom is -0.356 e. The number of piperidine rings is 1. The number of anilines is 1. The van der Waals surface area contributed by atoms with Gasteiger partial charge >= 0.3 is 6.18 Å². The average Bonchev–Trinajstić information content (AvgIpc) is 2.71. The number of aromatic nitrogens is 2. The van der Waals surface area contributed by atoms with E-state index in [1.165, 1.54) is 5.56 Å². The van der Waals surface area contributed by atoms with Crippen molar-refractivity contribution >= 4 is 11.7 Å². The first-order chi connectivity index (χ1) is 13.4. The van der Waals surface area contributed by atoms with Gasteiger partial charge in [0.2, 0.25) is 5.91 Å². The number of nitrogens with zero attached hydrogens (tertiary/aromatic N) is 3. The molecule has 8 heteroatoms. The van der Waals surface area contributed by atoms with Crippen LogP contribution in [0.15, 0.2) is 42.7 Å². The molecule has 0 spiro atoms. The number of alkyl halides is 3. The molecule has 0 aliphatic carbocycles. The van der Waals surface area contributed by atoms with Crippen molar-refractivity contribution in [1.29, 1.82) is 0 Å². The molecule has 1 aliphatic rings. The van der Waals surface area contributed by atoms with Crippen molar-refractivity contribution in [3.05, 3.63) is 54.0 Å². The molecular formula is C20H23F3N4O. The Hall–Kier alpha value is -2.64. The second-order valence-electron chi connectivity index (χ2n) is 6.90. The summed E-state index contributed by atoms with van der Waals surface area (Å²) in [6.45, 7) is 1.61. The molecule has 1 aromatic carbocycles. The van der Waals surface area contributed by atoms with Crippen LogP contribution in [-0.2, 0) is 17.4 Å². The molecule has 1 aromatic heterocycles. The summed E-state index contributed by atoms with van der Waals surface area (Å²) in [7, 11) is 0. The number of rotatable bonds is 6. The minimum atomic E-state index is -4.49. The third kappa shape index (κ3) is 5.43. The van der Waals surface area contributed by atoms with Crippen LogP contribution in [0.1, 0.15) is 30.5 Å². The highest BCUT2D eigenvalue weighted by molar-refractivity contribution is 5.78. The summed E-state index contributed by atoms with van der Waals surface area (Å²) >= 11 is 0. The third-order valence-corrected chi connectivity index (χ3v) is 4.92. The van der Waals surface area contributed by atoms with Crippen molar-refractivity contribution in [3.63, 3.8) is 0 Å². The number of carbonyl (C=O) groups is 1. The van der Waals surface area contributed by atoms with Crippen LogP contribution in [0.25, 0.3) is 0 Å². The number of amides is 1. The fourth-order valence-electron chi connectivity index (χ4n) is 3.34. The molecule has 0 atom stereocenters. The summed E-state index contributed by atoms with van der Waals surface area (Å²) < 4.78 is 38.4. The first-order valence-corrected chi connectivity index (χ1v) is 9.39. The maximum atomic E-state index is 12.8. The summed E-state index contributed by atoms with van der Waals surface area (Å²) in [5.41, 5.74) is 0.295. The Morgan fingerprint density at radius 2 is 1.86 bits per heavy atom. The van der Waals surface area contributed by atoms with Crippen LogP contribution in [0.4, 0.5) is 19.0 Å². The van der Waals surface area contributed by atoms with Gasteiger partial charge in [0.15, 0.2) is 0 Å². The Bertz CT molecular complexity index is 775. The predicted octanol–water partition coefficient (Wildman–Crippen LogP) is 3.46. The van der Waals surface area contributed by atoms with Crippen molar-refractivity contribution in [1.82, 2.24) is 15.3 Å². The van der Waals surface area contributed by atoms with Crippen molar-refractivity contribution < 1.29 is 18.0 Å². The van der Waals surface area contributed by atoms with Crippen molar-refractivity contribution in [2.24, 2.45) is 5.92 Å². The summed E-state index contributed by atoms with van der Waals surface area (Å²) in [4.78, 5) is 21.3. The minimum absolute atomic E-state index is 0.0198. The molecule has 0 unspecified atom stereocenters. The third-order valence-electron chi connectivity index (χ3n) is 4.92. The lowest BCUT2D eigenvalue weighted by Crippen LogP contribution is -2.41. The molecule has 1 N–H and O–H groups in total. The van der Waals surface area contributed by atoms with Crippen LogP contribution in [0.5, 0.6) is 0 Å². The standard InChI is InChI=1S/C20H23F3N4O/c21-20(22,23)17-13-18(26-14-25-17)27-11-8-16(9-12-27)19(28)24-10-4-7-15-5-2-1-3-6-15/h1-3,5-6,13-14,16H,4,7-12H2,(H,24,28). The Kier molecular flexibility index (Phi) is 6.49. The maximum Gasteiger partial charge on any atom is 0.433 e. The number of aryl methyl sites for hydroxylation is 1. The number of hydrogen-bond donors (Lipinski definition) is 1. The van der Waals surface area contributed by atoms with Gasteiger partial charge in [0.25, 0.3) is 0 Å². The summed E-state index contributed by atoms with van der Waals surface area (Å²) in [5, 5.41) is 2.97. The number of nitrogens with one attached hydrogen (secondary N) is 1. The van der Waals surface area contributed by atoms with Crippen molar-refractivity contribution in [2.45, 2.75) is 31.9 Å². The first kappa shape index (κ1) is 20.1. The largest absolute Gasteiger partial charge is 0.433 e. The molecule has 1 aliphatic heterocycles. The van der Waals surface area contributed by atoms with E-state index in [-0.39, 0.29) is 17.6 Å². The average molecular weight is 392 g/mol. The van der Waals surface area contributed by atoms with E-state index >= 15 is 0 Å². The van der Waals surface area contributed by atoms with Crippen LogP contribution in [-0.4, -0.2) is 35.5 Å². The fraction of sp³-hybridized carbons (Fsp3) is 0.450. The predicted molar refractivity (Wildman–Crippen MR) is 99.7 cm³/mol. The SMILES string of the molecule is O=C(NCCCc1ccccc1)C1CCN(c2cc(C(F)(F)F)ncn2)CC1. The zero-order valence-corrected chi connectivity index (χ0v) is 15.5. The highest BCUT2D eigenvalue weighted by atomic mass is 19.4. The molecule has 0 radical (unpaired) electrons. The fourth-order valence-corrected chi connectivity index (χ4v) is 3.34. The number of hydrogen-bond acceptors (Lipinski definition) is 4. The number of halogens is 3. The van der Waals surface area contributed by atoms with Gasteiger partial charge in [-0.3, -0.25) is 4.79 Å². The lowest BCUT2D eigenvalue weighted by molar-refractivity contribution is -0.141. The monoisotopic (exact) mass is 392 g/mol. The van der Waals surface area contributed by atoms with Gasteiger partial charge in [-0.05, 0) is 31.2 Å². The Labute approximate surface area is 162 Å². The van der Waals surface area contributed by atoms with Gasteiger partial charge in [-0.25, -0.2) is 9.97 Å². The number of benzene rings is 1. The van der Waals surface area contributed by atoms with Gasteiger partial charge in [-0.15, -0.1) is 0 Å². The molecule has 3 rings (SSSR count). The molecule has 1 amide bonds. The molecular weight excluding hydrogens is 369 g/mol. The molecule has 1 fully saturated rings. The lowest BCUT2D eigenvalue weighted by atomic mass is 9.96. The Morgan fingerprint density at radius 3 is 2.54 bits per heavy atom. The maximum absolute atomic E-state index is 12.8. The van der Waals surface area contributed by atoms with E-state index in [2.05, 4.69) is 27.4 Å². The van der Waals surface area contributed by atoms with E-state index in [0.717, 1.165) is 25.2 Å². The van der Waals surface area contributed by atoms with E-state index in [1.807, 2.05) is 18.2 Å². The van der Waals surface area contributed by atoms with Gasteiger partial charge in [0.1, 0.15) is 17.8 Å². The first-order valence-electron chi connectivity index (χ1n) is 9.39. The normalized spacial score (nSPS) is 15.5. The van der Waals surface area contributed by atoms with Crippen LogP contribution < -0.4 is 10.2 Å². The summed E-state index contributed by atoms with van der Waals surface area (Å²) in [5.74, 6) is 0.160. The quantitative estimate of drug-likeness (QED) is 0.765.